The fourth-order valence-corrected chi connectivity index (χ4v) is 6.28. The highest BCUT2D eigenvalue weighted by Crippen LogP contribution is 2.42. The molecule has 1 N–H and O–H groups in total. The summed E-state index contributed by atoms with van der Waals surface area (Å²) in [5.74, 6) is 0.228. The molecule has 1 aromatic carbocycles. The smallest absolute Gasteiger partial charge is 0.317 e. The summed E-state index contributed by atoms with van der Waals surface area (Å²) in [7, 11) is 0. The number of hydrogen-bond acceptors (Lipinski definition) is 5. The van der Waals surface area contributed by atoms with Gasteiger partial charge in [-0.25, -0.2) is 4.98 Å². The highest BCUT2D eigenvalue weighted by atomic mass is 16.5. The minimum atomic E-state index is -0.545. The van der Waals surface area contributed by atoms with Crippen molar-refractivity contribution in [2.75, 3.05) is 31.5 Å². The number of amides is 1. The molecule has 3 saturated heterocycles. The van der Waals surface area contributed by atoms with Crippen molar-refractivity contribution in [2.24, 2.45) is 5.92 Å². The number of nitrogens with zero attached hydrogens (tertiary/aromatic N) is 2. The van der Waals surface area contributed by atoms with Gasteiger partial charge < -0.3 is 13.6 Å². The average Bonchev–Trinajstić information content (AvgIpc) is 3.20. The second-order valence-electron chi connectivity index (χ2n) is 10.2. The van der Waals surface area contributed by atoms with Gasteiger partial charge in [0.1, 0.15) is 12.8 Å². The second kappa shape index (κ2) is 9.29. The van der Waals surface area contributed by atoms with Crippen LogP contribution in [0.5, 0.6) is 0 Å². The van der Waals surface area contributed by atoms with Gasteiger partial charge in [-0.05, 0) is 18.4 Å². The summed E-state index contributed by atoms with van der Waals surface area (Å²) in [6, 6.07) is 10.5. The molecular weight excluding hydrogens is 418 g/mol. The minimum Gasteiger partial charge on any atom is -0.455 e. The molecule has 1 aromatic heterocycles. The van der Waals surface area contributed by atoms with E-state index in [4.69, 9.17) is 9.15 Å². The van der Waals surface area contributed by atoms with Crippen LogP contribution in [0.3, 0.4) is 0 Å². The maximum Gasteiger partial charge on any atom is 0.317 e. The van der Waals surface area contributed by atoms with Crippen molar-refractivity contribution < 1.29 is 23.2 Å². The van der Waals surface area contributed by atoms with Crippen molar-refractivity contribution in [3.63, 3.8) is 0 Å². The third kappa shape index (κ3) is 4.56. The molecule has 0 radical (unpaired) electrons. The van der Waals surface area contributed by atoms with E-state index < -0.39 is 5.41 Å². The number of hydrogen-bond donors (Lipinski definition) is 1. The van der Waals surface area contributed by atoms with Crippen molar-refractivity contribution >= 4 is 17.9 Å². The van der Waals surface area contributed by atoms with E-state index in [0.717, 1.165) is 57.2 Å². The normalized spacial score (nSPS) is 28.6. The molecule has 6 rings (SSSR count). The second-order valence-corrected chi connectivity index (χ2v) is 10.2. The molecule has 1 unspecified atom stereocenters. The van der Waals surface area contributed by atoms with E-state index in [1.54, 1.807) is 0 Å². The number of carbonyl (C=O) groups excluding carboxylic acids is 2. The Hall–Kier alpha value is -2.67. The summed E-state index contributed by atoms with van der Waals surface area (Å²) < 4.78 is 12.2. The van der Waals surface area contributed by atoms with E-state index >= 15 is 0 Å². The molecule has 1 atom stereocenters. The highest BCUT2D eigenvalue weighted by molar-refractivity contribution is 5.89. The van der Waals surface area contributed by atoms with Gasteiger partial charge in [0.05, 0.1) is 24.7 Å². The number of fused-ring (bicyclic) bond motifs is 3. The maximum absolute atomic E-state index is 13.8. The first-order chi connectivity index (χ1) is 16.1. The lowest BCUT2D eigenvalue weighted by atomic mass is 9.74. The monoisotopic (exact) mass is 452 g/mol. The van der Waals surface area contributed by atoms with Crippen molar-refractivity contribution in [3.05, 3.63) is 48.4 Å². The Kier molecular flexibility index (Phi) is 6.23. The third-order valence-corrected chi connectivity index (χ3v) is 8.13. The predicted molar refractivity (Wildman–Crippen MR) is 123 cm³/mol. The number of oxazole rings is 1. The van der Waals surface area contributed by atoms with E-state index in [1.165, 1.54) is 25.3 Å². The van der Waals surface area contributed by atoms with E-state index in [2.05, 4.69) is 22.4 Å². The zero-order valence-electron chi connectivity index (χ0n) is 19.2. The van der Waals surface area contributed by atoms with Crippen molar-refractivity contribution in [3.8, 4) is 0 Å². The largest absolute Gasteiger partial charge is 0.455 e. The summed E-state index contributed by atoms with van der Waals surface area (Å²) in [6.45, 7) is 2.95. The number of ether oxygens (including phenoxy) is 1. The van der Waals surface area contributed by atoms with Gasteiger partial charge in [-0.15, -0.1) is 0 Å². The zero-order chi connectivity index (χ0) is 22.7. The summed E-state index contributed by atoms with van der Waals surface area (Å²) in [6.07, 6.45) is 11.0. The van der Waals surface area contributed by atoms with Gasteiger partial charge in [0, 0.05) is 18.8 Å². The van der Waals surface area contributed by atoms with Crippen molar-refractivity contribution in [1.29, 1.82) is 0 Å². The zero-order valence-corrected chi connectivity index (χ0v) is 19.2. The molecule has 7 nitrogen and oxygen atoms in total. The van der Waals surface area contributed by atoms with Crippen LogP contribution in [0, 0.1) is 5.92 Å². The SMILES string of the molecule is O=C(C[N+]12CCC(CC1)C(OC(=O)C1(c3ccccc3)CCCCCC1)C2)Nc1ncco1. The standard InChI is InChI=1S/C26H33N3O4/c30-23(28-25-27-14-17-32-25)19-29-15-10-20(11-16-29)22(18-29)33-24(31)26(12-6-1-2-7-13-26)21-8-4-3-5-9-21/h3-5,8-9,14,17,20,22H,1-2,6-7,10-13,15-16,18-19H2/p+1. The third-order valence-electron chi connectivity index (χ3n) is 8.13. The van der Waals surface area contributed by atoms with Gasteiger partial charge in [-0.1, -0.05) is 56.0 Å². The first-order valence-electron chi connectivity index (χ1n) is 12.4. The van der Waals surface area contributed by atoms with Crippen molar-refractivity contribution in [2.45, 2.75) is 62.9 Å². The fourth-order valence-electron chi connectivity index (χ4n) is 6.28. The Bertz CT molecular complexity index is 943. The number of piperidine rings is 3. The van der Waals surface area contributed by atoms with Crippen LogP contribution < -0.4 is 5.32 Å². The van der Waals surface area contributed by atoms with Crippen LogP contribution in [-0.4, -0.2) is 53.6 Å². The molecule has 4 fully saturated rings. The molecule has 2 bridgehead atoms. The summed E-state index contributed by atoms with van der Waals surface area (Å²) in [4.78, 5) is 30.5. The average molecular weight is 453 g/mol. The Morgan fingerprint density at radius 2 is 1.82 bits per heavy atom. The van der Waals surface area contributed by atoms with Crippen molar-refractivity contribution in [1.82, 2.24) is 4.98 Å². The van der Waals surface area contributed by atoms with Crippen LogP contribution in [-0.2, 0) is 19.7 Å². The molecular formula is C26H34N3O4+. The van der Waals surface area contributed by atoms with Crippen LogP contribution in [0.1, 0.15) is 56.9 Å². The van der Waals surface area contributed by atoms with Gasteiger partial charge in [0.25, 0.3) is 5.91 Å². The Balaban J connectivity index is 1.31. The summed E-state index contributed by atoms with van der Waals surface area (Å²) in [5, 5.41) is 2.75. The topological polar surface area (TPSA) is 81.4 Å². The number of esters is 1. The van der Waals surface area contributed by atoms with Crippen LogP contribution in [0.2, 0.25) is 0 Å². The fraction of sp³-hybridized carbons (Fsp3) is 0.577. The molecule has 4 aliphatic rings. The maximum atomic E-state index is 13.8. The minimum absolute atomic E-state index is 0.0586. The first-order valence-corrected chi connectivity index (χ1v) is 12.4. The van der Waals surface area contributed by atoms with Crippen LogP contribution in [0.15, 0.2) is 47.2 Å². The van der Waals surface area contributed by atoms with Gasteiger partial charge in [0.15, 0.2) is 12.6 Å². The number of carbonyl (C=O) groups is 2. The van der Waals surface area contributed by atoms with E-state index in [9.17, 15) is 9.59 Å². The number of benzene rings is 1. The van der Waals surface area contributed by atoms with Gasteiger partial charge >= 0.3 is 12.0 Å². The molecule has 0 spiro atoms. The predicted octanol–water partition coefficient (Wildman–Crippen LogP) is 4.06. The quantitative estimate of drug-likeness (QED) is 0.406. The molecule has 3 aliphatic heterocycles. The molecule has 2 aromatic rings. The molecule has 1 aliphatic carbocycles. The number of quaternary nitrogens is 1. The van der Waals surface area contributed by atoms with Crippen LogP contribution in [0.4, 0.5) is 6.01 Å². The van der Waals surface area contributed by atoms with E-state index in [0.29, 0.717) is 23.5 Å². The lowest BCUT2D eigenvalue weighted by molar-refractivity contribution is -0.939. The van der Waals surface area contributed by atoms with E-state index in [1.807, 2.05) is 18.2 Å². The van der Waals surface area contributed by atoms with E-state index in [-0.39, 0.29) is 24.0 Å². The van der Waals surface area contributed by atoms with Crippen LogP contribution in [0.25, 0.3) is 0 Å². The molecule has 7 heteroatoms. The molecule has 1 saturated carbocycles. The van der Waals surface area contributed by atoms with Gasteiger partial charge in [-0.3, -0.25) is 14.9 Å². The number of rotatable bonds is 6. The number of anilines is 1. The molecule has 176 valence electrons. The van der Waals surface area contributed by atoms with Crippen LogP contribution >= 0.6 is 0 Å². The highest BCUT2D eigenvalue weighted by Gasteiger charge is 2.51. The first kappa shape index (κ1) is 22.1. The molecule has 1 amide bonds. The Morgan fingerprint density at radius 3 is 2.48 bits per heavy atom. The van der Waals surface area contributed by atoms with Gasteiger partial charge in [0.2, 0.25) is 0 Å². The lowest BCUT2D eigenvalue weighted by Gasteiger charge is -2.52. The lowest BCUT2D eigenvalue weighted by Crippen LogP contribution is -2.66. The molecule has 4 heterocycles. The summed E-state index contributed by atoms with van der Waals surface area (Å²) >= 11 is 0. The Labute approximate surface area is 195 Å². The molecule has 33 heavy (non-hydrogen) atoms. The van der Waals surface area contributed by atoms with Gasteiger partial charge in [-0.2, -0.15) is 0 Å². The summed E-state index contributed by atoms with van der Waals surface area (Å²) in [5.41, 5.74) is 0.545. The number of aromatic nitrogens is 1. The Morgan fingerprint density at radius 1 is 1.09 bits per heavy atom. The number of nitrogens with one attached hydrogen (secondary N) is 1.